The summed E-state index contributed by atoms with van der Waals surface area (Å²) in [5.41, 5.74) is 3.39. The fourth-order valence-electron chi connectivity index (χ4n) is 3.30. The van der Waals surface area contributed by atoms with E-state index in [1.54, 1.807) is 28.0 Å². The summed E-state index contributed by atoms with van der Waals surface area (Å²) in [6.45, 7) is 4.26. The Bertz CT molecular complexity index is 996. The van der Waals surface area contributed by atoms with Crippen LogP contribution in [0, 0.1) is 12.7 Å². The van der Waals surface area contributed by atoms with Gasteiger partial charge in [-0.3, -0.25) is 14.5 Å². The van der Waals surface area contributed by atoms with E-state index in [0.29, 0.717) is 17.9 Å². The van der Waals surface area contributed by atoms with Gasteiger partial charge < -0.3 is 4.90 Å². The van der Waals surface area contributed by atoms with E-state index in [2.05, 4.69) is 10.1 Å². The van der Waals surface area contributed by atoms with Crippen molar-refractivity contribution >= 4 is 23.2 Å². The Balaban J connectivity index is 1.83. The molecule has 0 saturated carbocycles. The van der Waals surface area contributed by atoms with Crippen LogP contribution in [0.5, 0.6) is 0 Å². The second kappa shape index (κ2) is 6.21. The van der Waals surface area contributed by atoms with Crippen molar-refractivity contribution in [1.29, 1.82) is 0 Å². The monoisotopic (exact) mass is 370 g/mol. The largest absolute Gasteiger partial charge is 0.305 e. The summed E-state index contributed by atoms with van der Waals surface area (Å²) in [4.78, 5) is 19.0. The molecule has 26 heavy (non-hydrogen) atoms. The normalized spacial score (nSPS) is 16.7. The molecule has 0 radical (unpaired) electrons. The van der Waals surface area contributed by atoms with Crippen molar-refractivity contribution in [3.63, 3.8) is 0 Å². The number of rotatable bonds is 2. The number of carbonyl (C=O) groups is 1. The number of aryl methyl sites for hydroxylation is 1. The smallest absolute Gasteiger partial charge is 0.277 e. The van der Waals surface area contributed by atoms with Crippen molar-refractivity contribution in [2.45, 2.75) is 19.9 Å². The Kier molecular flexibility index (Phi) is 4.00. The van der Waals surface area contributed by atoms with E-state index in [1.807, 2.05) is 26.0 Å². The average molecular weight is 371 g/mol. The maximum atomic E-state index is 13.8. The zero-order valence-electron chi connectivity index (χ0n) is 14.3. The van der Waals surface area contributed by atoms with Gasteiger partial charge in [0, 0.05) is 34.7 Å². The summed E-state index contributed by atoms with van der Waals surface area (Å²) in [6, 6.07) is 7.84. The molecule has 3 heterocycles. The minimum absolute atomic E-state index is 0.0542. The van der Waals surface area contributed by atoms with Crippen LogP contribution in [0.25, 0.3) is 11.1 Å². The Morgan fingerprint density at radius 1 is 1.27 bits per heavy atom. The molecule has 1 atom stereocenters. The van der Waals surface area contributed by atoms with E-state index in [4.69, 9.17) is 11.6 Å². The molecule has 0 spiro atoms. The first kappa shape index (κ1) is 16.7. The quantitative estimate of drug-likeness (QED) is 0.677. The van der Waals surface area contributed by atoms with E-state index in [-0.39, 0.29) is 17.0 Å². The molecule has 1 aliphatic rings. The first-order valence-electron chi connectivity index (χ1n) is 8.22. The second-order valence-electron chi connectivity index (χ2n) is 6.43. The molecule has 3 aromatic rings. The highest BCUT2D eigenvalue weighted by Crippen LogP contribution is 2.33. The minimum atomic E-state index is -0.475. The lowest BCUT2D eigenvalue weighted by Gasteiger charge is -2.32. The molecule has 0 N–H and O–H groups in total. The number of halogens is 2. The Morgan fingerprint density at radius 3 is 2.81 bits per heavy atom. The maximum absolute atomic E-state index is 13.8. The van der Waals surface area contributed by atoms with Crippen LogP contribution in [0.1, 0.15) is 29.1 Å². The molecule has 1 aromatic carbocycles. The Hall–Kier alpha value is -2.73. The lowest BCUT2D eigenvalue weighted by atomic mass is 10.0. The van der Waals surface area contributed by atoms with Crippen molar-refractivity contribution < 1.29 is 9.18 Å². The van der Waals surface area contributed by atoms with Crippen molar-refractivity contribution in [3.8, 4) is 11.1 Å². The summed E-state index contributed by atoms with van der Waals surface area (Å²) >= 11 is 5.97. The highest BCUT2D eigenvalue weighted by molar-refractivity contribution is 6.31. The standard InChI is InChI=1S/C19H16ClFN4O/c1-11-5-13(3-4-22-11)17-9-23-25-12(2)10-24(19(26)18(17)25)16-7-14(20)6-15(21)8-16/h3-9,12H,10H2,1-2H3/t12-/m0/s1. The van der Waals surface area contributed by atoms with E-state index in [9.17, 15) is 9.18 Å². The fraction of sp³-hybridized carbons (Fsp3) is 0.211. The summed E-state index contributed by atoms with van der Waals surface area (Å²) in [5.74, 6) is -0.705. The van der Waals surface area contributed by atoms with E-state index >= 15 is 0 Å². The number of hydrogen-bond acceptors (Lipinski definition) is 3. The summed E-state index contributed by atoms with van der Waals surface area (Å²) in [5, 5.41) is 4.66. The number of anilines is 1. The van der Waals surface area contributed by atoms with Crippen molar-refractivity contribution in [3.05, 3.63) is 65.0 Å². The van der Waals surface area contributed by atoms with Crippen LogP contribution in [0.4, 0.5) is 10.1 Å². The van der Waals surface area contributed by atoms with Gasteiger partial charge >= 0.3 is 0 Å². The van der Waals surface area contributed by atoms with E-state index in [1.165, 1.54) is 12.1 Å². The van der Waals surface area contributed by atoms with Crippen LogP contribution >= 0.6 is 11.6 Å². The average Bonchev–Trinajstić information content (AvgIpc) is 3.03. The predicted octanol–water partition coefficient (Wildman–Crippen LogP) is 4.27. The number of carbonyl (C=O) groups excluding carboxylic acids is 1. The van der Waals surface area contributed by atoms with E-state index < -0.39 is 5.82 Å². The highest BCUT2D eigenvalue weighted by Gasteiger charge is 2.34. The molecule has 1 aliphatic heterocycles. The van der Waals surface area contributed by atoms with Crippen molar-refractivity contribution in [2.24, 2.45) is 0 Å². The third-order valence-electron chi connectivity index (χ3n) is 4.47. The lowest BCUT2D eigenvalue weighted by molar-refractivity contribution is 0.0954. The fourth-order valence-corrected chi connectivity index (χ4v) is 3.52. The van der Waals surface area contributed by atoms with Crippen molar-refractivity contribution in [2.75, 3.05) is 11.4 Å². The molecule has 2 aromatic heterocycles. The van der Waals surface area contributed by atoms with Crippen LogP contribution in [-0.4, -0.2) is 27.2 Å². The number of nitrogens with zero attached hydrogens (tertiary/aromatic N) is 4. The van der Waals surface area contributed by atoms with Gasteiger partial charge in [0.2, 0.25) is 0 Å². The van der Waals surface area contributed by atoms with Gasteiger partial charge in [0.25, 0.3) is 5.91 Å². The lowest BCUT2D eigenvalue weighted by Crippen LogP contribution is -2.42. The highest BCUT2D eigenvalue weighted by atomic mass is 35.5. The molecular weight excluding hydrogens is 355 g/mol. The molecule has 132 valence electrons. The topological polar surface area (TPSA) is 51.0 Å². The van der Waals surface area contributed by atoms with Gasteiger partial charge in [-0.15, -0.1) is 0 Å². The van der Waals surface area contributed by atoms with Gasteiger partial charge in [-0.1, -0.05) is 11.6 Å². The molecule has 0 aliphatic carbocycles. The third kappa shape index (κ3) is 2.76. The summed E-state index contributed by atoms with van der Waals surface area (Å²) < 4.78 is 15.5. The molecule has 1 amide bonds. The van der Waals surface area contributed by atoms with E-state index in [0.717, 1.165) is 16.8 Å². The second-order valence-corrected chi connectivity index (χ2v) is 6.87. The first-order valence-corrected chi connectivity index (χ1v) is 8.60. The minimum Gasteiger partial charge on any atom is -0.305 e. The van der Waals surface area contributed by atoms with Gasteiger partial charge in [-0.2, -0.15) is 5.10 Å². The first-order chi connectivity index (χ1) is 12.4. The number of hydrogen-bond donors (Lipinski definition) is 0. The molecular formula is C19H16ClFN4O. The maximum Gasteiger partial charge on any atom is 0.277 e. The van der Waals surface area contributed by atoms with Gasteiger partial charge in [0.15, 0.2) is 0 Å². The van der Waals surface area contributed by atoms with Crippen LogP contribution in [0.2, 0.25) is 5.02 Å². The van der Waals surface area contributed by atoms with Gasteiger partial charge in [0.1, 0.15) is 11.5 Å². The third-order valence-corrected chi connectivity index (χ3v) is 4.69. The molecule has 4 rings (SSSR count). The number of fused-ring (bicyclic) bond motifs is 1. The predicted molar refractivity (Wildman–Crippen MR) is 98.0 cm³/mol. The zero-order valence-corrected chi connectivity index (χ0v) is 15.0. The number of benzene rings is 1. The SMILES string of the molecule is Cc1cc(-c2cnn3c2C(=O)N(c2cc(F)cc(Cl)c2)C[C@@H]3C)ccn1. The van der Waals surface area contributed by atoms with Crippen LogP contribution in [0.15, 0.2) is 42.7 Å². The number of aromatic nitrogens is 3. The molecule has 0 saturated heterocycles. The summed E-state index contributed by atoms with van der Waals surface area (Å²) in [7, 11) is 0. The number of pyridine rings is 1. The van der Waals surface area contributed by atoms with Gasteiger partial charge in [-0.05, 0) is 49.7 Å². The summed E-state index contributed by atoms with van der Waals surface area (Å²) in [6.07, 6.45) is 3.40. The van der Waals surface area contributed by atoms with Crippen LogP contribution in [0.3, 0.4) is 0 Å². The molecule has 5 nitrogen and oxygen atoms in total. The molecule has 7 heteroatoms. The molecule has 0 bridgehead atoms. The Labute approximate surface area is 155 Å². The van der Waals surface area contributed by atoms with Gasteiger partial charge in [0.05, 0.1) is 12.2 Å². The van der Waals surface area contributed by atoms with Crippen molar-refractivity contribution in [1.82, 2.24) is 14.8 Å². The Morgan fingerprint density at radius 2 is 2.08 bits per heavy atom. The van der Waals surface area contributed by atoms with Crippen LogP contribution < -0.4 is 4.90 Å². The van der Waals surface area contributed by atoms with Crippen LogP contribution in [-0.2, 0) is 0 Å². The molecule has 0 fully saturated rings. The van der Waals surface area contributed by atoms with Gasteiger partial charge in [-0.25, -0.2) is 4.39 Å². The zero-order chi connectivity index (χ0) is 18.4. The molecule has 0 unspecified atom stereocenters. The number of amides is 1.